The van der Waals surface area contributed by atoms with Gasteiger partial charge in [0.25, 0.3) is 5.56 Å². The maximum Gasteiger partial charge on any atom is 0.269 e. The molecule has 0 spiro atoms. The molecule has 0 bridgehead atoms. The molecule has 2 heterocycles. The fourth-order valence-corrected chi connectivity index (χ4v) is 3.61. The molecule has 0 amide bonds. The molecule has 0 radical (unpaired) electrons. The van der Waals surface area contributed by atoms with Gasteiger partial charge in [-0.2, -0.15) is 5.10 Å². The smallest absolute Gasteiger partial charge is 0.268 e. The lowest BCUT2D eigenvalue weighted by molar-refractivity contribution is 0.628. The van der Waals surface area contributed by atoms with Crippen LogP contribution in [-0.4, -0.2) is 19.3 Å². The third-order valence-electron chi connectivity index (χ3n) is 4.79. The molecular weight excluding hydrogens is 447 g/mol. The summed E-state index contributed by atoms with van der Waals surface area (Å²) in [5.74, 6) is 0.0548. The van der Waals surface area contributed by atoms with Crippen LogP contribution in [0.5, 0.6) is 0 Å². The Labute approximate surface area is 179 Å². The van der Waals surface area contributed by atoms with E-state index in [4.69, 9.17) is 4.98 Å². The largest absolute Gasteiger partial charge is 0.269 e. The van der Waals surface area contributed by atoms with Crippen LogP contribution in [0.3, 0.4) is 0 Å². The Morgan fingerprint density at radius 3 is 2.23 bits per heavy atom. The normalized spacial score (nSPS) is 11.1. The predicted octanol–water partition coefficient (Wildman–Crippen LogP) is 5.14. The number of nitrogens with zero attached hydrogens (tertiary/aromatic N) is 4. The molecule has 0 saturated carbocycles. The molecule has 7 heteroatoms. The third kappa shape index (κ3) is 3.13. The molecule has 0 saturated heterocycles. The maximum atomic E-state index is 13.5. The molecule has 2 aromatic heterocycles. The van der Waals surface area contributed by atoms with Crippen LogP contribution in [-0.2, 0) is 0 Å². The molecule has 5 rings (SSSR count). The molecule has 146 valence electrons. The maximum absolute atomic E-state index is 13.5. The standard InChI is InChI=1S/C23H14BrFN4O/c24-16-8-12-18(13-9-16)28-21(15-6-10-17(25)11-7-15)27-22-20(23(28)30)14-26-29(22)19-4-2-1-3-5-19/h1-14H. The first-order valence-corrected chi connectivity index (χ1v) is 9.99. The Balaban J connectivity index is 1.85. The quantitative estimate of drug-likeness (QED) is 0.374. The van der Waals surface area contributed by atoms with Crippen LogP contribution in [0, 0.1) is 5.82 Å². The number of fused-ring (bicyclic) bond motifs is 1. The van der Waals surface area contributed by atoms with Crippen molar-refractivity contribution in [1.29, 1.82) is 0 Å². The van der Waals surface area contributed by atoms with Crippen LogP contribution in [0.15, 0.2) is 94.3 Å². The van der Waals surface area contributed by atoms with E-state index in [0.29, 0.717) is 28.1 Å². The fraction of sp³-hybridized carbons (Fsp3) is 0. The molecule has 0 unspecified atom stereocenters. The molecule has 3 aromatic carbocycles. The fourth-order valence-electron chi connectivity index (χ4n) is 3.35. The van der Waals surface area contributed by atoms with E-state index >= 15 is 0 Å². The van der Waals surface area contributed by atoms with Crippen LogP contribution in [0.2, 0.25) is 0 Å². The first kappa shape index (κ1) is 18.4. The van der Waals surface area contributed by atoms with Crippen molar-refractivity contribution in [2.75, 3.05) is 0 Å². The van der Waals surface area contributed by atoms with Crippen molar-refractivity contribution in [3.05, 3.63) is 106 Å². The van der Waals surface area contributed by atoms with Gasteiger partial charge in [-0.3, -0.25) is 9.36 Å². The Morgan fingerprint density at radius 1 is 0.833 bits per heavy atom. The van der Waals surface area contributed by atoms with E-state index in [2.05, 4.69) is 21.0 Å². The van der Waals surface area contributed by atoms with E-state index in [-0.39, 0.29) is 11.4 Å². The van der Waals surface area contributed by atoms with Gasteiger partial charge in [-0.15, -0.1) is 0 Å². The number of benzene rings is 3. The van der Waals surface area contributed by atoms with E-state index in [1.807, 2.05) is 54.6 Å². The monoisotopic (exact) mass is 460 g/mol. The van der Waals surface area contributed by atoms with Crippen molar-refractivity contribution in [2.24, 2.45) is 0 Å². The Kier molecular flexibility index (Phi) is 4.52. The summed E-state index contributed by atoms with van der Waals surface area (Å²) in [5.41, 5.74) is 2.28. The van der Waals surface area contributed by atoms with Crippen molar-refractivity contribution in [1.82, 2.24) is 19.3 Å². The second kappa shape index (κ2) is 7.35. The Bertz CT molecular complexity index is 1410. The van der Waals surface area contributed by atoms with Gasteiger partial charge >= 0.3 is 0 Å². The summed E-state index contributed by atoms with van der Waals surface area (Å²) in [6.07, 6.45) is 1.53. The molecule has 0 aliphatic carbocycles. The zero-order chi connectivity index (χ0) is 20.7. The van der Waals surface area contributed by atoms with E-state index in [9.17, 15) is 9.18 Å². The van der Waals surface area contributed by atoms with Gasteiger partial charge < -0.3 is 0 Å². The van der Waals surface area contributed by atoms with Crippen molar-refractivity contribution >= 4 is 27.0 Å². The van der Waals surface area contributed by atoms with E-state index in [1.54, 1.807) is 16.8 Å². The average Bonchev–Trinajstić information content (AvgIpc) is 3.20. The van der Waals surface area contributed by atoms with Crippen LogP contribution >= 0.6 is 15.9 Å². The van der Waals surface area contributed by atoms with E-state index in [1.165, 1.54) is 22.9 Å². The first-order valence-electron chi connectivity index (χ1n) is 9.20. The van der Waals surface area contributed by atoms with Crippen molar-refractivity contribution in [3.8, 4) is 22.8 Å². The SMILES string of the molecule is O=c1c2cnn(-c3ccccc3)c2nc(-c2ccc(F)cc2)n1-c1ccc(Br)cc1. The average molecular weight is 461 g/mol. The summed E-state index contributed by atoms with van der Waals surface area (Å²) in [7, 11) is 0. The van der Waals surface area contributed by atoms with Gasteiger partial charge in [-0.1, -0.05) is 34.1 Å². The van der Waals surface area contributed by atoms with Gasteiger partial charge in [0.05, 0.1) is 17.6 Å². The molecule has 0 fully saturated rings. The molecule has 5 aromatic rings. The van der Waals surface area contributed by atoms with Gasteiger partial charge in [0, 0.05) is 10.0 Å². The number of rotatable bonds is 3. The summed E-state index contributed by atoms with van der Waals surface area (Å²) in [6, 6.07) is 22.8. The van der Waals surface area contributed by atoms with Gasteiger partial charge in [0.1, 0.15) is 17.0 Å². The van der Waals surface area contributed by atoms with Gasteiger partial charge in [0.2, 0.25) is 0 Å². The van der Waals surface area contributed by atoms with E-state index in [0.717, 1.165) is 10.2 Å². The van der Waals surface area contributed by atoms with Gasteiger partial charge in [-0.25, -0.2) is 14.1 Å². The topological polar surface area (TPSA) is 52.7 Å². The number of para-hydroxylation sites is 1. The summed E-state index contributed by atoms with van der Waals surface area (Å²) in [4.78, 5) is 18.3. The molecule has 30 heavy (non-hydrogen) atoms. The lowest BCUT2D eigenvalue weighted by Gasteiger charge is -2.13. The van der Waals surface area contributed by atoms with Crippen LogP contribution < -0.4 is 5.56 Å². The summed E-state index contributed by atoms with van der Waals surface area (Å²) < 4.78 is 17.6. The van der Waals surface area contributed by atoms with Crippen LogP contribution in [0.1, 0.15) is 0 Å². The second-order valence-corrected chi connectivity index (χ2v) is 7.60. The minimum Gasteiger partial charge on any atom is -0.268 e. The predicted molar refractivity (Wildman–Crippen MR) is 118 cm³/mol. The van der Waals surface area contributed by atoms with Crippen LogP contribution in [0.25, 0.3) is 33.8 Å². The van der Waals surface area contributed by atoms with Crippen molar-refractivity contribution in [3.63, 3.8) is 0 Å². The summed E-state index contributed by atoms with van der Waals surface area (Å²) >= 11 is 3.42. The van der Waals surface area contributed by atoms with Gasteiger partial charge in [0.15, 0.2) is 5.65 Å². The number of halogens is 2. The molecule has 0 aliphatic rings. The highest BCUT2D eigenvalue weighted by molar-refractivity contribution is 9.10. The summed E-state index contributed by atoms with van der Waals surface area (Å²) in [6.45, 7) is 0. The molecule has 0 aliphatic heterocycles. The zero-order valence-corrected chi connectivity index (χ0v) is 17.1. The number of hydrogen-bond donors (Lipinski definition) is 0. The minimum absolute atomic E-state index is 0.246. The highest BCUT2D eigenvalue weighted by atomic mass is 79.9. The van der Waals surface area contributed by atoms with Crippen LogP contribution in [0.4, 0.5) is 4.39 Å². The molecule has 0 atom stereocenters. The second-order valence-electron chi connectivity index (χ2n) is 6.69. The van der Waals surface area contributed by atoms with E-state index < -0.39 is 0 Å². The highest BCUT2D eigenvalue weighted by Gasteiger charge is 2.18. The van der Waals surface area contributed by atoms with Gasteiger partial charge in [-0.05, 0) is 60.7 Å². The third-order valence-corrected chi connectivity index (χ3v) is 5.32. The summed E-state index contributed by atoms with van der Waals surface area (Å²) in [5, 5.41) is 4.79. The zero-order valence-electron chi connectivity index (χ0n) is 15.5. The molecular formula is C23H14BrFN4O. The molecule has 5 nitrogen and oxygen atoms in total. The number of hydrogen-bond acceptors (Lipinski definition) is 3. The minimum atomic E-state index is -0.355. The van der Waals surface area contributed by atoms with Crippen molar-refractivity contribution < 1.29 is 4.39 Å². The lowest BCUT2D eigenvalue weighted by Crippen LogP contribution is -2.22. The molecule has 0 N–H and O–H groups in total. The Morgan fingerprint density at radius 2 is 1.53 bits per heavy atom. The highest BCUT2D eigenvalue weighted by Crippen LogP contribution is 2.24. The lowest BCUT2D eigenvalue weighted by atomic mass is 10.2. The van der Waals surface area contributed by atoms with Crippen molar-refractivity contribution in [2.45, 2.75) is 0 Å². The Hall–Kier alpha value is -3.58. The number of aromatic nitrogens is 4. The first-order chi connectivity index (χ1) is 14.6.